The Kier molecular flexibility index (Phi) is 5.70. The minimum atomic E-state index is -0.492. The van der Waals surface area contributed by atoms with Crippen LogP contribution in [0.4, 0.5) is 5.69 Å². The number of hydrogen-bond donors (Lipinski definition) is 0. The van der Waals surface area contributed by atoms with E-state index in [1.165, 1.54) is 11.8 Å². The van der Waals surface area contributed by atoms with Gasteiger partial charge in [0.25, 0.3) is 5.91 Å². The summed E-state index contributed by atoms with van der Waals surface area (Å²) in [6.07, 6.45) is 1.39. The molecule has 7 nitrogen and oxygen atoms in total. The van der Waals surface area contributed by atoms with Crippen LogP contribution in [0.5, 0.6) is 0 Å². The van der Waals surface area contributed by atoms with Crippen molar-refractivity contribution in [3.63, 3.8) is 0 Å². The molecule has 2 amide bonds. The summed E-state index contributed by atoms with van der Waals surface area (Å²) in [5.74, 6) is -0.872. The van der Waals surface area contributed by atoms with Gasteiger partial charge in [0.1, 0.15) is 0 Å². The van der Waals surface area contributed by atoms with Crippen molar-refractivity contribution in [1.82, 2.24) is 4.90 Å². The number of likely N-dealkylation sites (tertiary alicyclic amines) is 1. The van der Waals surface area contributed by atoms with Gasteiger partial charge in [-0.2, -0.15) is 0 Å². The van der Waals surface area contributed by atoms with Crippen LogP contribution in [0.3, 0.4) is 0 Å². The molecule has 27 heavy (non-hydrogen) atoms. The molecule has 0 radical (unpaired) electrons. The molecule has 3 rings (SSSR count). The number of carbonyl (C=O) groups excluding carboxylic acids is 4. The lowest BCUT2D eigenvalue weighted by atomic mass is 9.95. The van der Waals surface area contributed by atoms with Crippen molar-refractivity contribution in [3.8, 4) is 0 Å². The second-order valence-corrected chi connectivity index (χ2v) is 6.95. The van der Waals surface area contributed by atoms with Gasteiger partial charge in [0, 0.05) is 5.56 Å². The zero-order chi connectivity index (χ0) is 19.6. The van der Waals surface area contributed by atoms with Crippen molar-refractivity contribution in [2.45, 2.75) is 39.2 Å². The Bertz CT molecular complexity index is 750. The predicted octanol–water partition coefficient (Wildman–Crippen LogP) is 1.80. The molecule has 2 heterocycles. The van der Waals surface area contributed by atoms with Crippen LogP contribution in [0.2, 0.25) is 0 Å². The Morgan fingerprint density at radius 1 is 1.11 bits per heavy atom. The van der Waals surface area contributed by atoms with E-state index in [2.05, 4.69) is 0 Å². The van der Waals surface area contributed by atoms with E-state index < -0.39 is 6.04 Å². The second kappa shape index (κ2) is 8.00. The van der Waals surface area contributed by atoms with Crippen LogP contribution in [-0.2, 0) is 19.1 Å². The molecule has 0 saturated carbocycles. The summed E-state index contributed by atoms with van der Waals surface area (Å²) in [6.45, 7) is 4.80. The summed E-state index contributed by atoms with van der Waals surface area (Å²) in [5, 5.41) is 0. The van der Waals surface area contributed by atoms with Gasteiger partial charge in [0.2, 0.25) is 5.91 Å². The first kappa shape index (κ1) is 19.2. The van der Waals surface area contributed by atoms with Crippen LogP contribution in [0.25, 0.3) is 0 Å². The highest BCUT2D eigenvalue weighted by Crippen LogP contribution is 2.29. The lowest BCUT2D eigenvalue weighted by Gasteiger charge is -2.33. The second-order valence-electron chi connectivity index (χ2n) is 6.95. The fourth-order valence-corrected chi connectivity index (χ4v) is 3.72. The van der Waals surface area contributed by atoms with Gasteiger partial charge in [-0.15, -0.1) is 0 Å². The number of carbonyl (C=O) groups is 4. The number of anilines is 1. The lowest BCUT2D eigenvalue weighted by molar-refractivity contribution is -0.149. The van der Waals surface area contributed by atoms with E-state index in [9.17, 15) is 19.2 Å². The minimum Gasteiger partial charge on any atom is -0.466 e. The molecule has 1 atom stereocenters. The number of ketones is 1. The molecule has 0 N–H and O–H groups in total. The number of rotatable bonds is 5. The van der Waals surface area contributed by atoms with Crippen molar-refractivity contribution in [2.75, 3.05) is 24.6 Å². The van der Waals surface area contributed by atoms with E-state index in [1.54, 1.807) is 31.2 Å². The predicted molar refractivity (Wildman–Crippen MR) is 98.3 cm³/mol. The Morgan fingerprint density at radius 3 is 2.30 bits per heavy atom. The highest BCUT2D eigenvalue weighted by Gasteiger charge is 2.44. The number of esters is 1. The van der Waals surface area contributed by atoms with Gasteiger partial charge in [-0.3, -0.25) is 24.1 Å². The highest BCUT2D eigenvalue weighted by molar-refractivity contribution is 6.22. The molecule has 2 aliphatic heterocycles. The minimum absolute atomic E-state index is 0.0667. The van der Waals surface area contributed by atoms with Crippen LogP contribution >= 0.6 is 0 Å². The summed E-state index contributed by atoms with van der Waals surface area (Å²) >= 11 is 0. The molecular formula is C20H24N2O5. The van der Waals surface area contributed by atoms with Crippen LogP contribution in [0.15, 0.2) is 24.3 Å². The quantitative estimate of drug-likeness (QED) is 0.445. The number of ether oxygens (including phenoxy) is 1. The number of piperidine rings is 1. The number of amides is 2. The molecule has 2 saturated heterocycles. The van der Waals surface area contributed by atoms with Crippen molar-refractivity contribution >= 4 is 29.3 Å². The molecule has 7 heteroatoms. The van der Waals surface area contributed by atoms with Crippen molar-refractivity contribution in [3.05, 3.63) is 29.8 Å². The monoisotopic (exact) mass is 372 g/mol. The lowest BCUT2D eigenvalue weighted by Crippen LogP contribution is -2.47. The standard InChI is InChI=1S/C20H24N2O5/c1-3-27-20(26)15-8-10-21(11-9-15)17-12-18(24)22(19(17)25)16-6-4-14(5-7-16)13(2)23/h4-7,15,17H,3,8-12H2,1-2H3/t17-/m0/s1. The zero-order valence-corrected chi connectivity index (χ0v) is 15.6. The Morgan fingerprint density at radius 2 is 1.74 bits per heavy atom. The fraction of sp³-hybridized carbons (Fsp3) is 0.500. The van der Waals surface area contributed by atoms with Crippen LogP contribution < -0.4 is 4.90 Å². The third kappa shape index (κ3) is 3.93. The van der Waals surface area contributed by atoms with E-state index in [0.717, 1.165) is 0 Å². The highest BCUT2D eigenvalue weighted by atomic mass is 16.5. The normalized spacial score (nSPS) is 21.6. The summed E-state index contributed by atoms with van der Waals surface area (Å²) < 4.78 is 5.07. The summed E-state index contributed by atoms with van der Waals surface area (Å²) in [7, 11) is 0. The number of nitrogens with zero attached hydrogens (tertiary/aromatic N) is 2. The third-order valence-electron chi connectivity index (χ3n) is 5.25. The van der Waals surface area contributed by atoms with E-state index in [-0.39, 0.29) is 35.9 Å². The average Bonchev–Trinajstić information content (AvgIpc) is 2.96. The third-order valence-corrected chi connectivity index (χ3v) is 5.25. The Balaban J connectivity index is 1.66. The van der Waals surface area contributed by atoms with Crippen molar-refractivity contribution in [1.29, 1.82) is 0 Å². The largest absolute Gasteiger partial charge is 0.466 e. The Hall–Kier alpha value is -2.54. The van der Waals surface area contributed by atoms with E-state index >= 15 is 0 Å². The van der Waals surface area contributed by atoms with E-state index in [0.29, 0.717) is 43.8 Å². The first-order valence-corrected chi connectivity index (χ1v) is 9.30. The molecule has 1 aromatic rings. The topological polar surface area (TPSA) is 84.0 Å². The zero-order valence-electron chi connectivity index (χ0n) is 15.6. The van der Waals surface area contributed by atoms with Crippen LogP contribution in [0.1, 0.15) is 43.5 Å². The number of hydrogen-bond acceptors (Lipinski definition) is 6. The van der Waals surface area contributed by atoms with Gasteiger partial charge in [-0.25, -0.2) is 4.90 Å². The number of benzene rings is 1. The summed E-state index contributed by atoms with van der Waals surface area (Å²) in [6, 6.07) is 6.00. The molecule has 0 spiro atoms. The summed E-state index contributed by atoms with van der Waals surface area (Å²) in [4.78, 5) is 51.8. The van der Waals surface area contributed by atoms with Crippen molar-refractivity contribution in [2.24, 2.45) is 5.92 Å². The fourth-order valence-electron chi connectivity index (χ4n) is 3.72. The van der Waals surface area contributed by atoms with Gasteiger partial charge in [-0.05, 0) is 64.0 Å². The first-order valence-electron chi connectivity index (χ1n) is 9.30. The number of Topliss-reactive ketones (excluding diaryl/α,β-unsaturated/α-hetero) is 1. The van der Waals surface area contributed by atoms with E-state index in [4.69, 9.17) is 4.74 Å². The van der Waals surface area contributed by atoms with Gasteiger partial charge >= 0.3 is 5.97 Å². The maximum atomic E-state index is 12.9. The molecule has 0 bridgehead atoms. The van der Waals surface area contributed by atoms with Gasteiger partial charge in [-0.1, -0.05) is 0 Å². The van der Waals surface area contributed by atoms with E-state index in [1.807, 2.05) is 4.90 Å². The van der Waals surface area contributed by atoms with Crippen molar-refractivity contribution < 1.29 is 23.9 Å². The van der Waals surface area contributed by atoms with Gasteiger partial charge in [0.05, 0.1) is 30.7 Å². The molecule has 0 aromatic heterocycles. The molecular weight excluding hydrogens is 348 g/mol. The molecule has 0 aliphatic carbocycles. The molecule has 2 aliphatic rings. The van der Waals surface area contributed by atoms with Gasteiger partial charge < -0.3 is 4.74 Å². The molecule has 2 fully saturated rings. The average molecular weight is 372 g/mol. The molecule has 0 unspecified atom stereocenters. The van der Waals surface area contributed by atoms with Crippen LogP contribution in [-0.4, -0.2) is 54.2 Å². The smallest absolute Gasteiger partial charge is 0.309 e. The maximum Gasteiger partial charge on any atom is 0.309 e. The van der Waals surface area contributed by atoms with Gasteiger partial charge in [0.15, 0.2) is 5.78 Å². The molecule has 144 valence electrons. The van der Waals surface area contributed by atoms with Crippen LogP contribution in [0, 0.1) is 5.92 Å². The SMILES string of the molecule is CCOC(=O)C1CCN([C@H]2CC(=O)N(c3ccc(C(C)=O)cc3)C2=O)CC1. The first-order chi connectivity index (χ1) is 12.9. The molecule has 1 aromatic carbocycles. The maximum absolute atomic E-state index is 12.9. The Labute approximate surface area is 158 Å². The number of imide groups is 1. The summed E-state index contributed by atoms with van der Waals surface area (Å²) in [5.41, 5.74) is 1.02.